The van der Waals surface area contributed by atoms with Crippen LogP contribution in [0.1, 0.15) is 120 Å². The number of ether oxygens (including phenoxy) is 2. The van der Waals surface area contributed by atoms with E-state index in [0.29, 0.717) is 53.9 Å². The second-order valence-corrected chi connectivity index (χ2v) is 24.3. The molecule has 2 aliphatic carbocycles. The van der Waals surface area contributed by atoms with Crippen molar-refractivity contribution in [1.82, 2.24) is 51.0 Å². The number of carbonyl (C=O) groups is 3. The third-order valence-electron chi connectivity index (χ3n) is 15.6. The summed E-state index contributed by atoms with van der Waals surface area (Å²) in [6.45, 7) is 12.4. The van der Waals surface area contributed by atoms with E-state index >= 15 is 0 Å². The first kappa shape index (κ1) is 52.5. The van der Waals surface area contributed by atoms with E-state index in [-0.39, 0.29) is 59.2 Å². The molecule has 74 heavy (non-hydrogen) atoms. The van der Waals surface area contributed by atoms with Crippen LogP contribution in [0.2, 0.25) is 0 Å². The lowest BCUT2D eigenvalue weighted by Crippen LogP contribution is -2.58. The number of sulfone groups is 1. The number of likely N-dealkylation sites (tertiary alicyclic amines) is 1. The molecular weight excluding hydrogens is 961 g/mol. The lowest BCUT2D eigenvalue weighted by Gasteiger charge is -2.35. The number of nitrogens with zero attached hydrogens (tertiary/aromatic N) is 7. The van der Waals surface area contributed by atoms with Gasteiger partial charge in [-0.25, -0.2) is 28.4 Å². The molecule has 5 atom stereocenters. The van der Waals surface area contributed by atoms with Crippen LogP contribution in [-0.2, 0) is 30.6 Å². The highest BCUT2D eigenvalue weighted by Crippen LogP contribution is 2.39. The predicted molar refractivity (Wildman–Crippen MR) is 282 cm³/mol. The quantitative estimate of drug-likeness (QED) is 0.0701. The normalized spacial score (nSPS) is 20.7. The summed E-state index contributed by atoms with van der Waals surface area (Å²) in [6.07, 6.45) is 13.4. The monoisotopic (exact) mass is 1030 g/mol. The molecule has 4 aliphatic rings. The number of benzene rings is 2. The molecule has 20 heteroatoms. The zero-order valence-electron chi connectivity index (χ0n) is 43.7. The van der Waals surface area contributed by atoms with Gasteiger partial charge in [-0.1, -0.05) is 43.5 Å². The van der Waals surface area contributed by atoms with Gasteiger partial charge < -0.3 is 40.5 Å². The fourth-order valence-corrected chi connectivity index (χ4v) is 12.1. The Morgan fingerprint density at radius 3 is 2.36 bits per heavy atom. The number of hydrogen-bond acceptors (Lipinski definition) is 15. The minimum absolute atomic E-state index is 0.0400. The molecule has 1 saturated carbocycles. The van der Waals surface area contributed by atoms with E-state index in [0.717, 1.165) is 81.0 Å². The molecule has 0 radical (unpaired) electrons. The van der Waals surface area contributed by atoms with Crippen molar-refractivity contribution in [3.63, 3.8) is 0 Å². The van der Waals surface area contributed by atoms with Gasteiger partial charge in [0.05, 0.1) is 47.9 Å². The highest BCUT2D eigenvalue weighted by Gasteiger charge is 2.46. The molecule has 2 unspecified atom stereocenters. The Hall–Kier alpha value is -6.41. The van der Waals surface area contributed by atoms with Gasteiger partial charge in [-0.3, -0.25) is 19.5 Å². The van der Waals surface area contributed by atoms with Gasteiger partial charge in [-0.05, 0) is 123 Å². The van der Waals surface area contributed by atoms with Crippen LogP contribution < -0.4 is 35.6 Å². The largest absolute Gasteiger partial charge is 0.492 e. The molecule has 0 spiro atoms. The number of aryl methyl sites for hydroxylation is 2. The minimum atomic E-state index is -3.86. The number of fused-ring (bicyclic) bond motifs is 2. The fraction of sp³-hybridized carbons (Fsp3) is 0.556. The van der Waals surface area contributed by atoms with E-state index in [1.807, 2.05) is 26.0 Å². The van der Waals surface area contributed by atoms with Crippen LogP contribution in [0, 0.1) is 25.7 Å². The minimum Gasteiger partial charge on any atom is -0.492 e. The lowest BCUT2D eigenvalue weighted by atomic mass is 9.83. The van der Waals surface area contributed by atoms with Crippen molar-refractivity contribution in [3.05, 3.63) is 77.5 Å². The van der Waals surface area contributed by atoms with Gasteiger partial charge in [0.1, 0.15) is 41.0 Å². The zero-order valence-corrected chi connectivity index (χ0v) is 44.6. The SMILES string of the molecule is CNC(C)C(=O)NC(C(=O)N1C[C@@H](Oc2cnc(N3CCC(COc4cc5ncnc(Nc6n[nH]c(C)c6C)c5cc4S(=O)(=O)C(C)(C)C)CC3)nc2)C[C@H]1C(=O)N[C@@H]1CCCc2ccccc21)C1CCCCC1. The number of nitrogens with one attached hydrogen (secondary N) is 5. The van der Waals surface area contributed by atoms with Gasteiger partial charge in [-0.2, -0.15) is 5.10 Å². The number of rotatable bonds is 16. The van der Waals surface area contributed by atoms with Gasteiger partial charge >= 0.3 is 0 Å². The van der Waals surface area contributed by atoms with Crippen molar-refractivity contribution >= 4 is 56.0 Å². The summed E-state index contributed by atoms with van der Waals surface area (Å²) in [5.41, 5.74) is 4.69. The molecule has 2 aromatic carbocycles. The Balaban J connectivity index is 0.861. The Morgan fingerprint density at radius 2 is 1.66 bits per heavy atom. The molecule has 3 aromatic heterocycles. The van der Waals surface area contributed by atoms with E-state index in [2.05, 4.69) is 58.5 Å². The molecule has 2 saturated heterocycles. The summed E-state index contributed by atoms with van der Waals surface area (Å²) < 4.78 is 40.0. The molecule has 2 aliphatic heterocycles. The summed E-state index contributed by atoms with van der Waals surface area (Å²) in [5.74, 6) is 1.59. The highest BCUT2D eigenvalue weighted by molar-refractivity contribution is 7.92. The summed E-state index contributed by atoms with van der Waals surface area (Å²) >= 11 is 0. The lowest BCUT2D eigenvalue weighted by molar-refractivity contribution is -0.143. The molecular formula is C54H72N12O7S. The summed E-state index contributed by atoms with van der Waals surface area (Å²) in [6, 6.07) is 9.26. The van der Waals surface area contributed by atoms with E-state index < -0.39 is 38.8 Å². The molecule has 5 aromatic rings. The molecule has 3 amide bonds. The predicted octanol–water partition coefficient (Wildman–Crippen LogP) is 6.59. The van der Waals surface area contributed by atoms with Gasteiger partial charge in [0.15, 0.2) is 21.4 Å². The first-order valence-corrected chi connectivity index (χ1v) is 27.8. The first-order chi connectivity index (χ1) is 35.5. The fourth-order valence-electron chi connectivity index (χ4n) is 10.8. The number of hydrogen-bond donors (Lipinski definition) is 5. The second kappa shape index (κ2) is 22.2. The maximum atomic E-state index is 14.8. The van der Waals surface area contributed by atoms with Crippen molar-refractivity contribution in [1.29, 1.82) is 0 Å². The second-order valence-electron chi connectivity index (χ2n) is 21.6. The number of aromatic nitrogens is 6. The Labute approximate surface area is 434 Å². The van der Waals surface area contributed by atoms with Gasteiger partial charge in [0.2, 0.25) is 23.7 Å². The number of H-pyrrole nitrogens is 1. The smallest absolute Gasteiger partial charge is 0.246 e. The van der Waals surface area contributed by atoms with Crippen molar-refractivity contribution in [3.8, 4) is 11.5 Å². The van der Waals surface area contributed by atoms with Crippen LogP contribution in [0.15, 0.2) is 60.0 Å². The molecule has 5 heterocycles. The Bertz CT molecular complexity index is 2930. The van der Waals surface area contributed by atoms with E-state index in [4.69, 9.17) is 19.4 Å². The number of likely N-dealkylation sites (N-methyl/N-ethyl adjacent to an activating group) is 1. The van der Waals surface area contributed by atoms with Gasteiger partial charge in [0, 0.05) is 42.2 Å². The van der Waals surface area contributed by atoms with Crippen molar-refractivity contribution in [2.75, 3.05) is 43.5 Å². The molecule has 3 fully saturated rings. The maximum absolute atomic E-state index is 14.8. The average Bonchev–Trinajstić information content (AvgIpc) is 3.98. The third kappa shape index (κ3) is 11.3. The molecule has 5 N–H and O–H groups in total. The molecule has 19 nitrogen and oxygen atoms in total. The van der Waals surface area contributed by atoms with Crippen LogP contribution in [0.25, 0.3) is 10.9 Å². The topological polar surface area (TPSA) is 239 Å². The highest BCUT2D eigenvalue weighted by atomic mass is 32.2. The zero-order chi connectivity index (χ0) is 52.3. The molecule has 396 valence electrons. The van der Waals surface area contributed by atoms with E-state index in [9.17, 15) is 22.8 Å². The van der Waals surface area contributed by atoms with Gasteiger partial charge in [-0.15, -0.1) is 0 Å². The summed E-state index contributed by atoms with van der Waals surface area (Å²) in [5, 5.41) is 20.5. The number of anilines is 3. The van der Waals surface area contributed by atoms with Crippen LogP contribution in [-0.4, -0.2) is 123 Å². The Morgan fingerprint density at radius 1 is 0.919 bits per heavy atom. The summed E-state index contributed by atoms with van der Waals surface area (Å²) in [4.78, 5) is 64.8. The van der Waals surface area contributed by atoms with Crippen molar-refractivity contribution in [2.24, 2.45) is 11.8 Å². The Kier molecular flexibility index (Phi) is 15.7. The van der Waals surface area contributed by atoms with Crippen LogP contribution >= 0.6 is 0 Å². The number of amides is 3. The van der Waals surface area contributed by atoms with Crippen molar-refractivity contribution in [2.45, 2.75) is 152 Å². The van der Waals surface area contributed by atoms with E-state index in [1.54, 1.807) is 64.2 Å². The van der Waals surface area contributed by atoms with Crippen LogP contribution in [0.4, 0.5) is 17.6 Å². The number of aromatic amines is 1. The number of piperidine rings is 1. The maximum Gasteiger partial charge on any atom is 0.246 e. The standard InChI is InChI=1S/C54H72N12O7S/c1-32-33(2)63-64-48(32)62-49-41-25-46(74(70,71)54(4,5)6)45(26-43(41)58-31-59-49)72-30-35-20-22-65(23-21-35)53-56-27-39(28-57-53)73-38-24-44(51(68)60-42-19-13-17-36-14-11-12-18-40(36)42)66(29-38)52(69)47(37-15-9-8-10-16-37)61-50(67)34(3)55-7/h11-12,14,18,25-28,31,34-35,37-38,42,44,47,55H,8-10,13,15-17,19-24,29-30H2,1-7H3,(H,60,68)(H,61,67)(H2,58,59,62,63,64)/t34?,38-,42+,44-,47?/m0/s1. The van der Waals surface area contributed by atoms with E-state index in [1.165, 1.54) is 11.9 Å². The van der Waals surface area contributed by atoms with Crippen LogP contribution in [0.3, 0.4) is 0 Å². The first-order valence-electron chi connectivity index (χ1n) is 26.3. The third-order valence-corrected chi connectivity index (χ3v) is 18.1. The number of carbonyl (C=O) groups excluding carboxylic acids is 3. The summed E-state index contributed by atoms with van der Waals surface area (Å²) in [7, 11) is -2.14. The molecule has 0 bridgehead atoms. The van der Waals surface area contributed by atoms with Gasteiger partial charge in [0.25, 0.3) is 0 Å². The molecule has 9 rings (SSSR count). The van der Waals surface area contributed by atoms with Crippen LogP contribution in [0.5, 0.6) is 11.5 Å². The van der Waals surface area contributed by atoms with Crippen molar-refractivity contribution < 1.29 is 32.3 Å². The average molecular weight is 1030 g/mol.